The van der Waals surface area contributed by atoms with Gasteiger partial charge in [0.1, 0.15) is 0 Å². The van der Waals surface area contributed by atoms with Gasteiger partial charge in [0.05, 0.1) is 15.8 Å². The van der Waals surface area contributed by atoms with Crippen LogP contribution in [0.15, 0.2) is 14.3 Å². The van der Waals surface area contributed by atoms with Crippen molar-refractivity contribution < 1.29 is 14.3 Å². The first-order valence-electron chi connectivity index (χ1n) is 5.22. The molecular weight excluding hydrogens is 386 g/mol. The maximum atomic E-state index is 12.0. The van der Waals surface area contributed by atoms with Crippen molar-refractivity contribution in [1.29, 1.82) is 0 Å². The van der Waals surface area contributed by atoms with Crippen LogP contribution < -0.4 is 0 Å². The fourth-order valence-corrected chi connectivity index (χ4v) is 3.33. The van der Waals surface area contributed by atoms with Gasteiger partial charge in [-0.2, -0.15) is 0 Å². The minimum atomic E-state index is -0.252. The van der Waals surface area contributed by atoms with E-state index in [1.165, 1.54) is 18.4 Å². The van der Waals surface area contributed by atoms with Crippen molar-refractivity contribution in [2.24, 2.45) is 0 Å². The van der Waals surface area contributed by atoms with Gasteiger partial charge in [0.15, 0.2) is 0 Å². The number of carbonyl (C=O) groups is 2. The van der Waals surface area contributed by atoms with Crippen molar-refractivity contribution in [3.05, 3.63) is 19.2 Å². The Hall–Kier alpha value is -0.400. The molecule has 18 heavy (non-hydrogen) atoms. The third kappa shape index (κ3) is 4.37. The summed E-state index contributed by atoms with van der Waals surface area (Å²) in [6.45, 7) is 0.529. The van der Waals surface area contributed by atoms with Gasteiger partial charge in [0.25, 0.3) is 5.91 Å². The zero-order valence-corrected chi connectivity index (χ0v) is 14.0. The highest BCUT2D eigenvalue weighted by Gasteiger charge is 2.16. The Morgan fingerprint density at radius 2 is 2.11 bits per heavy atom. The van der Waals surface area contributed by atoms with E-state index in [1.54, 1.807) is 18.0 Å². The number of ether oxygens (including phenoxy) is 1. The quantitative estimate of drug-likeness (QED) is 0.715. The molecule has 0 saturated heterocycles. The lowest BCUT2D eigenvalue weighted by atomic mass is 10.3. The fourth-order valence-electron chi connectivity index (χ4n) is 1.30. The Bertz CT molecular complexity index is 428. The lowest BCUT2D eigenvalue weighted by molar-refractivity contribution is -0.140. The van der Waals surface area contributed by atoms with Crippen LogP contribution in [-0.2, 0) is 9.53 Å². The number of carbonyl (C=O) groups excluding carboxylic acids is 2. The molecule has 0 unspecified atom stereocenters. The molecule has 4 nitrogen and oxygen atoms in total. The van der Waals surface area contributed by atoms with E-state index in [1.807, 2.05) is 0 Å². The van der Waals surface area contributed by atoms with E-state index in [0.717, 1.165) is 8.26 Å². The average molecular weight is 399 g/mol. The second kappa shape index (κ2) is 7.25. The summed E-state index contributed by atoms with van der Waals surface area (Å²) in [6, 6.07) is 1.79. The standard InChI is InChI=1S/C11H13Br2NO3S/c1-14(5-3-4-9(15)17-2)11(16)8-6-7(12)10(13)18-8/h6H,3-5H2,1-2H3. The van der Waals surface area contributed by atoms with Crippen LogP contribution in [0.1, 0.15) is 22.5 Å². The van der Waals surface area contributed by atoms with Gasteiger partial charge in [-0.05, 0) is 44.3 Å². The maximum Gasteiger partial charge on any atom is 0.305 e. The first-order chi connectivity index (χ1) is 8.45. The molecule has 0 aliphatic rings. The average Bonchev–Trinajstić information content (AvgIpc) is 2.68. The van der Waals surface area contributed by atoms with Crippen molar-refractivity contribution >= 4 is 55.1 Å². The van der Waals surface area contributed by atoms with Crippen LogP contribution in [0.3, 0.4) is 0 Å². The summed E-state index contributed by atoms with van der Waals surface area (Å²) < 4.78 is 6.31. The van der Waals surface area contributed by atoms with E-state index in [0.29, 0.717) is 24.3 Å². The molecule has 0 spiro atoms. The number of methoxy groups -OCH3 is 1. The minimum absolute atomic E-state index is 0.0451. The Morgan fingerprint density at radius 1 is 1.44 bits per heavy atom. The summed E-state index contributed by atoms with van der Waals surface area (Å²) in [6.07, 6.45) is 0.925. The second-order valence-corrected chi connectivity index (χ2v) is 6.86. The third-order valence-corrected chi connectivity index (χ3v) is 5.55. The van der Waals surface area contributed by atoms with Gasteiger partial charge < -0.3 is 9.64 Å². The molecule has 100 valence electrons. The van der Waals surface area contributed by atoms with E-state index in [2.05, 4.69) is 36.6 Å². The molecule has 0 aliphatic carbocycles. The summed E-state index contributed by atoms with van der Waals surface area (Å²) in [5, 5.41) is 0. The number of hydrogen-bond donors (Lipinski definition) is 0. The van der Waals surface area contributed by atoms with Gasteiger partial charge in [-0.25, -0.2) is 0 Å². The molecule has 0 fully saturated rings. The number of nitrogens with zero attached hydrogens (tertiary/aromatic N) is 1. The van der Waals surface area contributed by atoms with Crippen molar-refractivity contribution in [2.45, 2.75) is 12.8 Å². The highest BCUT2D eigenvalue weighted by Crippen LogP contribution is 2.32. The van der Waals surface area contributed by atoms with E-state index >= 15 is 0 Å². The van der Waals surface area contributed by atoms with Crippen LogP contribution in [0.2, 0.25) is 0 Å². The smallest absolute Gasteiger partial charge is 0.305 e. The monoisotopic (exact) mass is 397 g/mol. The van der Waals surface area contributed by atoms with E-state index in [4.69, 9.17) is 0 Å². The Kier molecular flexibility index (Phi) is 6.31. The third-order valence-electron chi connectivity index (χ3n) is 2.30. The minimum Gasteiger partial charge on any atom is -0.469 e. The summed E-state index contributed by atoms with van der Waals surface area (Å²) in [5.41, 5.74) is 0. The molecule has 1 rings (SSSR count). The number of rotatable bonds is 5. The van der Waals surface area contributed by atoms with Gasteiger partial charge in [0, 0.05) is 24.5 Å². The van der Waals surface area contributed by atoms with Crippen LogP contribution in [0.4, 0.5) is 0 Å². The fraction of sp³-hybridized carbons (Fsp3) is 0.455. The van der Waals surface area contributed by atoms with Crippen LogP contribution >= 0.6 is 43.2 Å². The van der Waals surface area contributed by atoms with Crippen molar-refractivity contribution in [1.82, 2.24) is 4.90 Å². The van der Waals surface area contributed by atoms with Gasteiger partial charge in [-0.1, -0.05) is 0 Å². The number of esters is 1. The zero-order chi connectivity index (χ0) is 13.7. The Morgan fingerprint density at radius 3 is 2.61 bits per heavy atom. The number of halogens is 2. The molecule has 0 aromatic carbocycles. The molecule has 7 heteroatoms. The van der Waals surface area contributed by atoms with E-state index in [9.17, 15) is 9.59 Å². The highest BCUT2D eigenvalue weighted by molar-refractivity contribution is 9.13. The van der Waals surface area contributed by atoms with Crippen molar-refractivity contribution in [3.63, 3.8) is 0 Å². The maximum absolute atomic E-state index is 12.0. The zero-order valence-electron chi connectivity index (χ0n) is 10.0. The molecular formula is C11H13Br2NO3S. The van der Waals surface area contributed by atoms with Crippen LogP contribution in [0, 0.1) is 0 Å². The van der Waals surface area contributed by atoms with Gasteiger partial charge in [0.2, 0.25) is 0 Å². The summed E-state index contributed by atoms with van der Waals surface area (Å²) in [5.74, 6) is -0.297. The molecule has 0 bridgehead atoms. The molecule has 0 saturated carbocycles. The first kappa shape index (κ1) is 15.7. The predicted molar refractivity (Wildman–Crippen MR) is 77.9 cm³/mol. The van der Waals surface area contributed by atoms with Crippen LogP contribution in [0.5, 0.6) is 0 Å². The Balaban J connectivity index is 2.49. The van der Waals surface area contributed by atoms with E-state index in [-0.39, 0.29) is 11.9 Å². The number of hydrogen-bond acceptors (Lipinski definition) is 4. The largest absolute Gasteiger partial charge is 0.469 e. The molecule has 1 aromatic heterocycles. The molecule has 1 heterocycles. The van der Waals surface area contributed by atoms with Crippen molar-refractivity contribution in [2.75, 3.05) is 20.7 Å². The van der Waals surface area contributed by atoms with Crippen LogP contribution in [-0.4, -0.2) is 37.5 Å². The second-order valence-electron chi connectivity index (χ2n) is 3.64. The van der Waals surface area contributed by atoms with Gasteiger partial charge in [-0.3, -0.25) is 9.59 Å². The SMILES string of the molecule is COC(=O)CCCN(C)C(=O)c1cc(Br)c(Br)s1. The number of thiophene rings is 1. The lowest BCUT2D eigenvalue weighted by Gasteiger charge is -2.15. The molecule has 0 radical (unpaired) electrons. The first-order valence-corrected chi connectivity index (χ1v) is 7.63. The predicted octanol–water partition coefficient (Wildman–Crippen LogP) is 3.30. The summed E-state index contributed by atoms with van der Waals surface area (Å²) in [7, 11) is 3.08. The molecule has 1 amide bonds. The van der Waals surface area contributed by atoms with Gasteiger partial charge >= 0.3 is 5.97 Å². The highest BCUT2D eigenvalue weighted by atomic mass is 79.9. The van der Waals surface area contributed by atoms with Crippen molar-refractivity contribution in [3.8, 4) is 0 Å². The summed E-state index contributed by atoms with van der Waals surface area (Å²) in [4.78, 5) is 25.2. The molecule has 0 atom stereocenters. The van der Waals surface area contributed by atoms with Crippen LogP contribution in [0.25, 0.3) is 0 Å². The summed E-state index contributed by atoms with van der Waals surface area (Å²) >= 11 is 8.08. The normalized spacial score (nSPS) is 10.2. The Labute approximate surface area is 127 Å². The van der Waals surface area contributed by atoms with E-state index < -0.39 is 0 Å². The topological polar surface area (TPSA) is 46.6 Å². The molecule has 0 aliphatic heterocycles. The van der Waals surface area contributed by atoms with Gasteiger partial charge in [-0.15, -0.1) is 11.3 Å². The molecule has 0 N–H and O–H groups in total. The number of amides is 1. The molecule has 1 aromatic rings. The lowest BCUT2D eigenvalue weighted by Crippen LogP contribution is -2.27.